The summed E-state index contributed by atoms with van der Waals surface area (Å²) in [6, 6.07) is 12.8. The molecule has 0 unspecified atom stereocenters. The lowest BCUT2D eigenvalue weighted by molar-refractivity contribution is 0.00695. The molecular weight excluding hydrogens is 276 g/mol. The predicted molar refractivity (Wildman–Crippen MR) is 87.2 cm³/mol. The van der Waals surface area contributed by atoms with Gasteiger partial charge in [0.1, 0.15) is 5.60 Å². The van der Waals surface area contributed by atoms with E-state index in [4.69, 9.17) is 4.74 Å². The molecule has 3 nitrogen and oxygen atoms in total. The van der Waals surface area contributed by atoms with Crippen LogP contribution in [0.2, 0.25) is 0 Å². The Morgan fingerprint density at radius 3 is 2.23 bits per heavy atom. The zero-order valence-corrected chi connectivity index (χ0v) is 13.3. The van der Waals surface area contributed by atoms with Crippen LogP contribution in [-0.2, 0) is 4.74 Å². The number of carbonyl (C=O) groups excluding carboxylic acids is 2. The molecule has 2 rings (SSSR count). The van der Waals surface area contributed by atoms with Gasteiger partial charge in [-0.3, -0.25) is 4.79 Å². The zero-order valence-electron chi connectivity index (χ0n) is 13.3. The highest BCUT2D eigenvalue weighted by Gasteiger charge is 2.17. The minimum atomic E-state index is -0.517. The molecule has 114 valence electrons. The molecule has 0 aliphatic carbocycles. The zero-order chi connectivity index (χ0) is 16.3. The molecule has 0 saturated heterocycles. The summed E-state index contributed by atoms with van der Waals surface area (Å²) in [4.78, 5) is 23.2. The summed E-state index contributed by atoms with van der Waals surface area (Å²) in [5.74, 6) is -0.348. The number of benzene rings is 2. The lowest BCUT2D eigenvalue weighted by Crippen LogP contribution is -2.23. The Morgan fingerprint density at radius 1 is 1.05 bits per heavy atom. The molecule has 22 heavy (non-hydrogen) atoms. The number of rotatable bonds is 3. The molecular formula is C19H20O3. The number of hydrogen-bond donors (Lipinski definition) is 0. The Balaban J connectivity index is 2.32. The quantitative estimate of drug-likeness (QED) is 0.621. The van der Waals surface area contributed by atoms with E-state index in [1.165, 1.54) is 0 Å². The Morgan fingerprint density at radius 2 is 1.68 bits per heavy atom. The lowest BCUT2D eigenvalue weighted by Gasteiger charge is -2.19. The van der Waals surface area contributed by atoms with Crippen molar-refractivity contribution in [2.24, 2.45) is 0 Å². The van der Waals surface area contributed by atoms with Gasteiger partial charge in [-0.2, -0.15) is 0 Å². The predicted octanol–water partition coefficient (Wildman–Crippen LogP) is 4.43. The van der Waals surface area contributed by atoms with Crippen LogP contribution in [0.25, 0.3) is 11.1 Å². The van der Waals surface area contributed by atoms with Crippen LogP contribution in [0.15, 0.2) is 42.5 Å². The van der Waals surface area contributed by atoms with Crippen molar-refractivity contribution < 1.29 is 14.3 Å². The topological polar surface area (TPSA) is 43.4 Å². The van der Waals surface area contributed by atoms with E-state index in [9.17, 15) is 9.59 Å². The smallest absolute Gasteiger partial charge is 0.338 e. The number of hydrogen-bond acceptors (Lipinski definition) is 3. The van der Waals surface area contributed by atoms with Crippen LogP contribution in [0.4, 0.5) is 0 Å². The van der Waals surface area contributed by atoms with E-state index in [1.807, 2.05) is 52.0 Å². The van der Waals surface area contributed by atoms with Gasteiger partial charge in [0, 0.05) is 5.56 Å². The summed E-state index contributed by atoms with van der Waals surface area (Å²) in [5, 5.41) is 0. The summed E-state index contributed by atoms with van der Waals surface area (Å²) in [5.41, 5.74) is 3.46. The van der Waals surface area contributed by atoms with Gasteiger partial charge < -0.3 is 4.74 Å². The molecule has 0 spiro atoms. The van der Waals surface area contributed by atoms with E-state index in [0.717, 1.165) is 23.0 Å². The second-order valence-electron chi connectivity index (χ2n) is 6.29. The monoisotopic (exact) mass is 296 g/mol. The first-order valence-electron chi connectivity index (χ1n) is 7.20. The van der Waals surface area contributed by atoms with E-state index in [2.05, 4.69) is 0 Å². The number of esters is 1. The third kappa shape index (κ3) is 3.82. The summed E-state index contributed by atoms with van der Waals surface area (Å²) in [6.07, 6.45) is 0.844. The van der Waals surface area contributed by atoms with Crippen LogP contribution < -0.4 is 0 Å². The highest BCUT2D eigenvalue weighted by atomic mass is 16.6. The minimum Gasteiger partial charge on any atom is -0.456 e. The van der Waals surface area contributed by atoms with Gasteiger partial charge in [-0.1, -0.05) is 35.9 Å². The van der Waals surface area contributed by atoms with Gasteiger partial charge in [0.05, 0.1) is 5.56 Å². The van der Waals surface area contributed by atoms with E-state index >= 15 is 0 Å². The SMILES string of the molecule is Cc1ccc(C=O)c(-c2ccc(C(=O)OC(C)(C)C)cc2)c1. The average molecular weight is 296 g/mol. The Bertz CT molecular complexity index is 692. The van der Waals surface area contributed by atoms with Crippen LogP contribution >= 0.6 is 0 Å². The number of carbonyl (C=O) groups is 2. The van der Waals surface area contributed by atoms with Gasteiger partial charge in [-0.25, -0.2) is 4.79 Å². The summed E-state index contributed by atoms with van der Waals surface area (Å²) in [6.45, 7) is 7.49. The van der Waals surface area contributed by atoms with Crippen molar-refractivity contribution >= 4 is 12.3 Å². The third-order valence-electron chi connectivity index (χ3n) is 3.17. The van der Waals surface area contributed by atoms with Crippen molar-refractivity contribution in [3.63, 3.8) is 0 Å². The van der Waals surface area contributed by atoms with Crippen LogP contribution in [-0.4, -0.2) is 17.9 Å². The molecule has 0 aromatic heterocycles. The second-order valence-corrected chi connectivity index (χ2v) is 6.29. The van der Waals surface area contributed by atoms with Gasteiger partial charge in [-0.05, 0) is 51.0 Å². The lowest BCUT2D eigenvalue weighted by atomic mass is 9.97. The fourth-order valence-electron chi connectivity index (χ4n) is 2.15. The Labute approximate surface area is 130 Å². The van der Waals surface area contributed by atoms with E-state index in [0.29, 0.717) is 11.1 Å². The molecule has 0 N–H and O–H groups in total. The highest BCUT2D eigenvalue weighted by Crippen LogP contribution is 2.25. The van der Waals surface area contributed by atoms with Gasteiger partial charge >= 0.3 is 5.97 Å². The molecule has 0 aliphatic heterocycles. The highest BCUT2D eigenvalue weighted by molar-refractivity contribution is 5.92. The first kappa shape index (κ1) is 16.0. The molecule has 0 bridgehead atoms. The molecule has 2 aromatic rings. The van der Waals surface area contributed by atoms with Crippen LogP contribution in [0, 0.1) is 6.92 Å². The molecule has 0 aliphatic rings. The number of aldehydes is 1. The maximum absolute atomic E-state index is 12.0. The Kier molecular flexibility index (Phi) is 4.45. The van der Waals surface area contributed by atoms with Crippen molar-refractivity contribution in [2.75, 3.05) is 0 Å². The summed E-state index contributed by atoms with van der Waals surface area (Å²) >= 11 is 0. The van der Waals surface area contributed by atoms with Crippen LogP contribution in [0.3, 0.4) is 0 Å². The van der Waals surface area contributed by atoms with Crippen molar-refractivity contribution in [2.45, 2.75) is 33.3 Å². The third-order valence-corrected chi connectivity index (χ3v) is 3.17. The van der Waals surface area contributed by atoms with Gasteiger partial charge in [0.15, 0.2) is 6.29 Å². The first-order valence-corrected chi connectivity index (χ1v) is 7.20. The van der Waals surface area contributed by atoms with E-state index in [-0.39, 0.29) is 5.97 Å². The van der Waals surface area contributed by atoms with E-state index in [1.54, 1.807) is 18.2 Å². The molecule has 0 fully saturated rings. The van der Waals surface area contributed by atoms with Gasteiger partial charge in [0.25, 0.3) is 0 Å². The molecule has 0 atom stereocenters. The fourth-order valence-corrected chi connectivity index (χ4v) is 2.15. The molecule has 0 amide bonds. The molecule has 3 heteroatoms. The normalized spacial score (nSPS) is 11.1. The maximum atomic E-state index is 12.0. The molecule has 2 aromatic carbocycles. The number of aryl methyl sites for hydroxylation is 1. The minimum absolute atomic E-state index is 0.348. The van der Waals surface area contributed by atoms with Crippen molar-refractivity contribution in [1.29, 1.82) is 0 Å². The summed E-state index contributed by atoms with van der Waals surface area (Å²) < 4.78 is 5.34. The van der Waals surface area contributed by atoms with Crippen molar-refractivity contribution in [1.82, 2.24) is 0 Å². The molecule has 0 radical (unpaired) electrons. The maximum Gasteiger partial charge on any atom is 0.338 e. The standard InChI is InChI=1S/C19H20O3/c1-13-5-6-16(12-20)17(11-13)14-7-9-15(10-8-14)18(21)22-19(2,3)4/h5-12H,1-4H3. The second kappa shape index (κ2) is 6.14. The first-order chi connectivity index (χ1) is 10.3. The van der Waals surface area contributed by atoms with Crippen LogP contribution in [0.1, 0.15) is 47.1 Å². The van der Waals surface area contributed by atoms with E-state index < -0.39 is 5.60 Å². The van der Waals surface area contributed by atoms with Crippen molar-refractivity contribution in [3.05, 3.63) is 59.2 Å². The Hall–Kier alpha value is -2.42. The largest absolute Gasteiger partial charge is 0.456 e. The van der Waals surface area contributed by atoms with Gasteiger partial charge in [-0.15, -0.1) is 0 Å². The molecule has 0 heterocycles. The fraction of sp³-hybridized carbons (Fsp3) is 0.263. The summed E-state index contributed by atoms with van der Waals surface area (Å²) in [7, 11) is 0. The average Bonchev–Trinajstić information content (AvgIpc) is 2.45. The molecule has 0 saturated carbocycles. The van der Waals surface area contributed by atoms with Gasteiger partial charge in [0.2, 0.25) is 0 Å². The van der Waals surface area contributed by atoms with Crippen molar-refractivity contribution in [3.8, 4) is 11.1 Å². The number of ether oxygens (including phenoxy) is 1. The van der Waals surface area contributed by atoms with Crippen LogP contribution in [0.5, 0.6) is 0 Å².